The number of nitrogens with zero attached hydrogens (tertiary/aromatic N) is 2. The van der Waals surface area contributed by atoms with Crippen LogP contribution in [0.4, 0.5) is 4.39 Å². The summed E-state index contributed by atoms with van der Waals surface area (Å²) in [6.07, 6.45) is 0.256. The van der Waals surface area contributed by atoms with E-state index in [0.717, 1.165) is 5.69 Å². The quantitative estimate of drug-likeness (QED) is 0.791. The average molecular weight is 389 g/mol. The van der Waals surface area contributed by atoms with Crippen LogP contribution in [0.2, 0.25) is 0 Å². The monoisotopic (exact) mass is 389 g/mol. The van der Waals surface area contributed by atoms with Gasteiger partial charge in [-0.05, 0) is 32.4 Å². The number of aliphatic hydroxyl groups excluding tert-OH is 1. The zero-order valence-electron chi connectivity index (χ0n) is 16.7. The van der Waals surface area contributed by atoms with Crippen molar-refractivity contribution in [3.05, 3.63) is 63.1 Å². The maximum absolute atomic E-state index is 13.9. The second kappa shape index (κ2) is 8.51. The van der Waals surface area contributed by atoms with Crippen LogP contribution >= 0.6 is 0 Å². The third kappa shape index (κ3) is 5.47. The zero-order valence-corrected chi connectivity index (χ0v) is 16.7. The Bertz CT molecular complexity index is 876. The number of halogens is 1. The molecule has 1 aliphatic rings. The second-order valence-electron chi connectivity index (χ2n) is 8.27. The van der Waals surface area contributed by atoms with Crippen LogP contribution in [0, 0.1) is 5.82 Å². The van der Waals surface area contributed by atoms with Gasteiger partial charge in [0.2, 0.25) is 0 Å². The average Bonchev–Trinajstić information content (AvgIpc) is 2.62. The molecule has 28 heavy (non-hydrogen) atoms. The highest BCUT2D eigenvalue weighted by Crippen LogP contribution is 2.16. The second-order valence-corrected chi connectivity index (χ2v) is 8.27. The lowest BCUT2D eigenvalue weighted by molar-refractivity contribution is -0.0570. The van der Waals surface area contributed by atoms with Crippen LogP contribution in [0.15, 0.2) is 29.1 Å². The van der Waals surface area contributed by atoms with Crippen LogP contribution in [-0.4, -0.2) is 51.4 Å². The molecule has 0 amide bonds. The number of aromatic nitrogens is 2. The van der Waals surface area contributed by atoms with Gasteiger partial charge in [0.1, 0.15) is 11.6 Å². The summed E-state index contributed by atoms with van der Waals surface area (Å²) in [4.78, 5) is 21.9. The van der Waals surface area contributed by atoms with Crippen molar-refractivity contribution >= 4 is 0 Å². The van der Waals surface area contributed by atoms with Gasteiger partial charge < -0.3 is 14.8 Å². The Morgan fingerprint density at radius 3 is 2.82 bits per heavy atom. The van der Waals surface area contributed by atoms with E-state index in [1.54, 1.807) is 18.2 Å². The lowest BCUT2D eigenvalue weighted by Crippen LogP contribution is -2.42. The summed E-state index contributed by atoms with van der Waals surface area (Å²) in [5, 5.41) is 10.2. The maximum atomic E-state index is 13.9. The van der Waals surface area contributed by atoms with Gasteiger partial charge in [-0.2, -0.15) is 0 Å². The van der Waals surface area contributed by atoms with Crippen LogP contribution in [0.1, 0.15) is 43.4 Å². The Balaban J connectivity index is 1.66. The smallest absolute Gasteiger partial charge is 0.255 e. The normalized spacial score (nSPS) is 16.0. The van der Waals surface area contributed by atoms with E-state index in [9.17, 15) is 14.3 Å². The molecule has 0 unspecified atom stereocenters. The van der Waals surface area contributed by atoms with Crippen molar-refractivity contribution in [2.75, 3.05) is 19.7 Å². The molecule has 0 aliphatic carbocycles. The molecule has 0 saturated carbocycles. The zero-order chi connectivity index (χ0) is 20.3. The van der Waals surface area contributed by atoms with Gasteiger partial charge >= 0.3 is 0 Å². The Labute approximate surface area is 164 Å². The molecule has 0 saturated heterocycles. The third-order valence-corrected chi connectivity index (χ3v) is 4.69. The van der Waals surface area contributed by atoms with Gasteiger partial charge in [0.25, 0.3) is 5.56 Å². The van der Waals surface area contributed by atoms with Gasteiger partial charge in [-0.1, -0.05) is 18.2 Å². The molecule has 0 spiro atoms. The summed E-state index contributed by atoms with van der Waals surface area (Å²) < 4.78 is 19.5. The SMILES string of the molecule is CC(C)(C)OC[C@@H](O)CN1CCc2nc(Cc3ccccc3F)[nH]c(=O)c2C1. The number of β-amino-alcohol motifs (C(OH)–C–C–N with tert-alkyl or cyclic N) is 1. The van der Waals surface area contributed by atoms with Gasteiger partial charge in [-0.3, -0.25) is 9.69 Å². The number of aliphatic hydroxyl groups is 1. The fourth-order valence-electron chi connectivity index (χ4n) is 3.29. The summed E-state index contributed by atoms with van der Waals surface area (Å²) in [5.41, 5.74) is 1.39. The van der Waals surface area contributed by atoms with Gasteiger partial charge in [0, 0.05) is 32.5 Å². The summed E-state index contributed by atoms with van der Waals surface area (Å²) >= 11 is 0. The molecule has 0 bridgehead atoms. The van der Waals surface area contributed by atoms with Gasteiger partial charge in [0.05, 0.1) is 29.6 Å². The van der Waals surface area contributed by atoms with Crippen LogP contribution in [-0.2, 0) is 24.1 Å². The number of fused-ring (bicyclic) bond motifs is 1. The summed E-state index contributed by atoms with van der Waals surface area (Å²) in [6, 6.07) is 6.49. The Morgan fingerprint density at radius 2 is 2.11 bits per heavy atom. The molecule has 1 atom stereocenters. The Kier molecular flexibility index (Phi) is 6.27. The van der Waals surface area contributed by atoms with E-state index in [1.165, 1.54) is 6.07 Å². The van der Waals surface area contributed by atoms with E-state index in [0.29, 0.717) is 43.0 Å². The Morgan fingerprint density at radius 1 is 1.36 bits per heavy atom. The van der Waals surface area contributed by atoms with E-state index < -0.39 is 6.10 Å². The first-order valence-electron chi connectivity index (χ1n) is 9.60. The van der Waals surface area contributed by atoms with Crippen molar-refractivity contribution in [3.63, 3.8) is 0 Å². The number of hydrogen-bond donors (Lipinski definition) is 2. The molecular formula is C21H28FN3O3. The van der Waals surface area contributed by atoms with E-state index >= 15 is 0 Å². The molecule has 2 aromatic rings. The lowest BCUT2D eigenvalue weighted by Gasteiger charge is -2.30. The van der Waals surface area contributed by atoms with Gasteiger partial charge in [-0.15, -0.1) is 0 Å². The van der Waals surface area contributed by atoms with Gasteiger partial charge in [0.15, 0.2) is 0 Å². The highest BCUT2D eigenvalue weighted by atomic mass is 19.1. The molecule has 152 valence electrons. The van der Waals surface area contributed by atoms with Crippen LogP contribution in [0.3, 0.4) is 0 Å². The molecular weight excluding hydrogens is 361 g/mol. The topological polar surface area (TPSA) is 78.5 Å². The molecule has 1 aromatic carbocycles. The predicted octanol–water partition coefficient (Wildman–Crippen LogP) is 2.03. The summed E-state index contributed by atoms with van der Waals surface area (Å²) in [6.45, 7) is 7.66. The number of nitrogens with one attached hydrogen (secondary N) is 1. The first kappa shape index (κ1) is 20.6. The Hall–Kier alpha value is -2.09. The van der Waals surface area contributed by atoms with Crippen molar-refractivity contribution in [1.29, 1.82) is 0 Å². The number of rotatable bonds is 6. The molecule has 0 radical (unpaired) electrons. The highest BCUT2D eigenvalue weighted by molar-refractivity contribution is 5.25. The molecule has 7 heteroatoms. The van der Waals surface area contributed by atoms with Crippen LogP contribution in [0.25, 0.3) is 0 Å². The molecule has 2 heterocycles. The minimum Gasteiger partial charge on any atom is -0.389 e. The van der Waals surface area contributed by atoms with Crippen molar-refractivity contribution < 1.29 is 14.2 Å². The van der Waals surface area contributed by atoms with Gasteiger partial charge in [-0.25, -0.2) is 9.37 Å². The lowest BCUT2D eigenvalue weighted by atomic mass is 10.1. The number of H-pyrrole nitrogens is 1. The third-order valence-electron chi connectivity index (χ3n) is 4.69. The minimum atomic E-state index is -0.617. The number of hydrogen-bond acceptors (Lipinski definition) is 5. The van der Waals surface area contributed by atoms with Crippen molar-refractivity contribution in [2.45, 2.75) is 51.9 Å². The molecule has 1 aromatic heterocycles. The van der Waals surface area contributed by atoms with E-state index in [-0.39, 0.29) is 30.0 Å². The number of ether oxygens (including phenoxy) is 1. The summed E-state index contributed by atoms with van der Waals surface area (Å²) in [5.74, 6) is 0.168. The fraction of sp³-hybridized carbons (Fsp3) is 0.524. The van der Waals surface area contributed by atoms with E-state index in [2.05, 4.69) is 9.97 Å². The van der Waals surface area contributed by atoms with Crippen molar-refractivity contribution in [1.82, 2.24) is 14.9 Å². The number of benzene rings is 1. The first-order chi connectivity index (χ1) is 13.2. The number of aromatic amines is 1. The van der Waals surface area contributed by atoms with Crippen molar-refractivity contribution in [2.24, 2.45) is 0 Å². The molecule has 2 N–H and O–H groups in total. The molecule has 0 fully saturated rings. The predicted molar refractivity (Wildman–Crippen MR) is 105 cm³/mol. The molecule has 3 rings (SSSR count). The van der Waals surface area contributed by atoms with Crippen molar-refractivity contribution in [3.8, 4) is 0 Å². The van der Waals surface area contributed by atoms with Crippen LogP contribution in [0.5, 0.6) is 0 Å². The van der Waals surface area contributed by atoms with E-state index in [4.69, 9.17) is 4.74 Å². The van der Waals surface area contributed by atoms with Crippen LogP contribution < -0.4 is 5.56 Å². The fourth-order valence-corrected chi connectivity index (χ4v) is 3.29. The standard InChI is InChI=1S/C21H28FN3O3/c1-21(2,3)28-13-15(26)11-25-9-8-18-16(12-25)20(27)24-19(23-18)10-14-6-4-5-7-17(14)22/h4-7,15,26H,8-13H2,1-3H3,(H,23,24,27)/t15-/m0/s1. The highest BCUT2D eigenvalue weighted by Gasteiger charge is 2.24. The first-order valence-corrected chi connectivity index (χ1v) is 9.60. The molecule has 1 aliphatic heterocycles. The largest absolute Gasteiger partial charge is 0.389 e. The minimum absolute atomic E-state index is 0.193. The maximum Gasteiger partial charge on any atom is 0.255 e. The molecule has 6 nitrogen and oxygen atoms in total. The van der Waals surface area contributed by atoms with E-state index in [1.807, 2.05) is 25.7 Å². The summed E-state index contributed by atoms with van der Waals surface area (Å²) in [7, 11) is 0.